The first-order valence-corrected chi connectivity index (χ1v) is 8.19. The second-order valence-corrected chi connectivity index (χ2v) is 5.92. The van der Waals surface area contributed by atoms with Crippen LogP contribution in [0.15, 0.2) is 53.1 Å². The lowest BCUT2D eigenvalue weighted by molar-refractivity contribution is -0.137. The Hall–Kier alpha value is -3.16. The molecule has 5 nitrogen and oxygen atoms in total. The van der Waals surface area contributed by atoms with E-state index in [1.54, 1.807) is 0 Å². The summed E-state index contributed by atoms with van der Waals surface area (Å²) in [6, 6.07) is 12.3. The fourth-order valence-corrected chi connectivity index (χ4v) is 2.56. The molecule has 0 bridgehead atoms. The van der Waals surface area contributed by atoms with Crippen LogP contribution in [0.25, 0.3) is 11.4 Å². The van der Waals surface area contributed by atoms with E-state index in [2.05, 4.69) is 15.5 Å². The summed E-state index contributed by atoms with van der Waals surface area (Å²) in [5.41, 5.74) is 0.626. The second kappa shape index (κ2) is 7.61. The Labute approximate surface area is 153 Å². The Kier molecular flexibility index (Phi) is 5.25. The van der Waals surface area contributed by atoms with Crippen LogP contribution in [-0.4, -0.2) is 16.0 Å². The largest absolute Gasteiger partial charge is 0.418 e. The van der Waals surface area contributed by atoms with Gasteiger partial charge in [-0.2, -0.15) is 18.2 Å². The number of amides is 1. The number of benzene rings is 2. The van der Waals surface area contributed by atoms with Gasteiger partial charge < -0.3 is 9.84 Å². The third-order valence-corrected chi connectivity index (χ3v) is 3.93. The molecule has 27 heavy (non-hydrogen) atoms. The zero-order valence-electron chi connectivity index (χ0n) is 14.4. The first kappa shape index (κ1) is 18.6. The molecule has 0 fully saturated rings. The number of hydrogen-bond donors (Lipinski definition) is 1. The van der Waals surface area contributed by atoms with Crippen molar-refractivity contribution in [1.29, 1.82) is 0 Å². The fourth-order valence-electron chi connectivity index (χ4n) is 2.56. The number of alkyl halides is 3. The van der Waals surface area contributed by atoms with Gasteiger partial charge in [-0.05, 0) is 24.6 Å². The SMILES string of the molecule is Cc1ccccc1-c1noc(CCC(=O)Nc2ccccc2C(F)(F)F)n1. The van der Waals surface area contributed by atoms with E-state index in [4.69, 9.17) is 4.52 Å². The molecular weight excluding hydrogens is 359 g/mol. The van der Waals surface area contributed by atoms with Crippen molar-refractivity contribution in [1.82, 2.24) is 10.1 Å². The number of para-hydroxylation sites is 1. The maximum Gasteiger partial charge on any atom is 0.418 e. The van der Waals surface area contributed by atoms with Gasteiger partial charge in [0.1, 0.15) is 0 Å². The van der Waals surface area contributed by atoms with Gasteiger partial charge in [-0.25, -0.2) is 0 Å². The number of aryl methyl sites for hydroxylation is 2. The molecule has 1 N–H and O–H groups in total. The van der Waals surface area contributed by atoms with E-state index in [0.717, 1.165) is 17.2 Å². The summed E-state index contributed by atoms with van der Waals surface area (Å²) in [5, 5.41) is 6.18. The number of anilines is 1. The van der Waals surface area contributed by atoms with E-state index in [1.807, 2.05) is 31.2 Å². The molecule has 0 saturated carbocycles. The fraction of sp³-hybridized carbons (Fsp3) is 0.211. The average Bonchev–Trinajstić information content (AvgIpc) is 3.09. The van der Waals surface area contributed by atoms with Crippen LogP contribution in [0, 0.1) is 6.92 Å². The summed E-state index contributed by atoms with van der Waals surface area (Å²) in [4.78, 5) is 16.3. The molecule has 3 rings (SSSR count). The van der Waals surface area contributed by atoms with Crippen LogP contribution in [0.4, 0.5) is 18.9 Å². The topological polar surface area (TPSA) is 68.0 Å². The van der Waals surface area contributed by atoms with Crippen molar-refractivity contribution in [3.63, 3.8) is 0 Å². The van der Waals surface area contributed by atoms with Gasteiger partial charge in [-0.15, -0.1) is 0 Å². The van der Waals surface area contributed by atoms with Crippen molar-refractivity contribution in [2.24, 2.45) is 0 Å². The number of halogens is 3. The molecule has 8 heteroatoms. The van der Waals surface area contributed by atoms with Gasteiger partial charge in [0.25, 0.3) is 0 Å². The summed E-state index contributed by atoms with van der Waals surface area (Å²) in [5.74, 6) is 0.0841. The average molecular weight is 375 g/mol. The maximum atomic E-state index is 13.0. The predicted molar refractivity (Wildman–Crippen MR) is 92.9 cm³/mol. The van der Waals surface area contributed by atoms with Gasteiger partial charge in [0.2, 0.25) is 17.6 Å². The van der Waals surface area contributed by atoms with Crippen LogP contribution >= 0.6 is 0 Å². The lowest BCUT2D eigenvalue weighted by Crippen LogP contribution is -2.16. The van der Waals surface area contributed by atoms with E-state index in [1.165, 1.54) is 18.2 Å². The Bertz CT molecular complexity index is 951. The van der Waals surface area contributed by atoms with Crippen LogP contribution in [0.5, 0.6) is 0 Å². The molecule has 2 aromatic carbocycles. The standard InChI is InChI=1S/C19H16F3N3O2/c1-12-6-2-3-7-13(12)18-24-17(27-25-18)11-10-16(26)23-15-9-5-4-8-14(15)19(20,21)22/h2-9H,10-11H2,1H3,(H,23,26). The highest BCUT2D eigenvalue weighted by Crippen LogP contribution is 2.34. The van der Waals surface area contributed by atoms with Crippen molar-refractivity contribution in [3.05, 3.63) is 65.5 Å². The van der Waals surface area contributed by atoms with Crippen molar-refractivity contribution in [2.75, 3.05) is 5.32 Å². The van der Waals surface area contributed by atoms with Crippen LogP contribution < -0.4 is 5.32 Å². The minimum absolute atomic E-state index is 0.0817. The van der Waals surface area contributed by atoms with E-state index < -0.39 is 17.6 Å². The highest BCUT2D eigenvalue weighted by atomic mass is 19.4. The third kappa shape index (κ3) is 4.52. The normalized spacial score (nSPS) is 11.4. The molecule has 0 radical (unpaired) electrons. The van der Waals surface area contributed by atoms with Crippen molar-refractivity contribution in [2.45, 2.75) is 25.9 Å². The number of rotatable bonds is 5. The summed E-state index contributed by atoms with van der Waals surface area (Å²) in [6.07, 6.45) is -4.50. The molecule has 1 aromatic heterocycles. The van der Waals surface area contributed by atoms with Crippen molar-refractivity contribution < 1.29 is 22.5 Å². The van der Waals surface area contributed by atoms with Gasteiger partial charge >= 0.3 is 6.18 Å². The van der Waals surface area contributed by atoms with Gasteiger partial charge in [0.05, 0.1) is 11.3 Å². The van der Waals surface area contributed by atoms with Crippen LogP contribution in [0.2, 0.25) is 0 Å². The second-order valence-electron chi connectivity index (χ2n) is 5.92. The summed E-state index contributed by atoms with van der Waals surface area (Å²) < 4.78 is 44.0. The first-order valence-electron chi connectivity index (χ1n) is 8.19. The van der Waals surface area contributed by atoms with Crippen LogP contribution in [0.3, 0.4) is 0 Å². The lowest BCUT2D eigenvalue weighted by Gasteiger charge is -2.13. The number of nitrogens with one attached hydrogen (secondary N) is 1. The number of aromatic nitrogens is 2. The Balaban J connectivity index is 1.64. The molecule has 0 saturated heterocycles. The first-order chi connectivity index (χ1) is 12.8. The molecule has 1 heterocycles. The molecule has 0 aliphatic rings. The highest BCUT2D eigenvalue weighted by molar-refractivity contribution is 5.91. The molecular formula is C19H16F3N3O2. The molecule has 0 unspecified atom stereocenters. The Morgan fingerprint density at radius 3 is 2.56 bits per heavy atom. The summed E-state index contributed by atoms with van der Waals surface area (Å²) in [6.45, 7) is 1.91. The van der Waals surface area contributed by atoms with Crippen molar-refractivity contribution in [3.8, 4) is 11.4 Å². The molecule has 0 aliphatic heterocycles. The molecule has 0 spiro atoms. The van der Waals surface area contributed by atoms with Gasteiger partial charge in [0.15, 0.2) is 0 Å². The quantitative estimate of drug-likeness (QED) is 0.706. The molecule has 0 atom stereocenters. The van der Waals surface area contributed by atoms with E-state index >= 15 is 0 Å². The molecule has 0 aliphatic carbocycles. The van der Waals surface area contributed by atoms with Crippen LogP contribution in [0.1, 0.15) is 23.4 Å². The predicted octanol–water partition coefficient (Wildman–Crippen LogP) is 4.64. The number of hydrogen-bond acceptors (Lipinski definition) is 4. The molecule has 1 amide bonds. The van der Waals surface area contributed by atoms with Crippen LogP contribution in [-0.2, 0) is 17.4 Å². The monoisotopic (exact) mass is 375 g/mol. The highest BCUT2D eigenvalue weighted by Gasteiger charge is 2.33. The van der Waals surface area contributed by atoms with Gasteiger partial charge in [-0.3, -0.25) is 4.79 Å². The zero-order chi connectivity index (χ0) is 19.4. The Morgan fingerprint density at radius 2 is 1.81 bits per heavy atom. The smallest absolute Gasteiger partial charge is 0.339 e. The third-order valence-electron chi connectivity index (χ3n) is 3.93. The maximum absolute atomic E-state index is 13.0. The number of carbonyl (C=O) groups is 1. The molecule has 140 valence electrons. The lowest BCUT2D eigenvalue weighted by atomic mass is 10.1. The number of carbonyl (C=O) groups excluding carboxylic acids is 1. The van der Waals surface area contributed by atoms with Crippen molar-refractivity contribution >= 4 is 11.6 Å². The summed E-state index contributed by atoms with van der Waals surface area (Å²) in [7, 11) is 0. The Morgan fingerprint density at radius 1 is 1.11 bits per heavy atom. The summed E-state index contributed by atoms with van der Waals surface area (Å²) >= 11 is 0. The minimum Gasteiger partial charge on any atom is -0.339 e. The van der Waals surface area contributed by atoms with E-state index in [9.17, 15) is 18.0 Å². The van der Waals surface area contributed by atoms with E-state index in [0.29, 0.717) is 5.82 Å². The zero-order valence-corrected chi connectivity index (χ0v) is 14.4. The van der Waals surface area contributed by atoms with Gasteiger partial charge in [0, 0.05) is 18.4 Å². The van der Waals surface area contributed by atoms with Gasteiger partial charge in [-0.1, -0.05) is 41.6 Å². The minimum atomic E-state index is -4.54. The molecule has 3 aromatic rings. The van der Waals surface area contributed by atoms with E-state index in [-0.39, 0.29) is 24.4 Å². The number of nitrogens with zero attached hydrogens (tertiary/aromatic N) is 2.